The van der Waals surface area contributed by atoms with Crippen LogP contribution in [0.3, 0.4) is 0 Å². The Hall–Kier alpha value is -2.90. The van der Waals surface area contributed by atoms with E-state index in [2.05, 4.69) is 5.09 Å². The van der Waals surface area contributed by atoms with Gasteiger partial charge in [-0.15, -0.1) is 0 Å². The first-order chi connectivity index (χ1) is 16.5. The topological polar surface area (TPSA) is 152 Å². The van der Waals surface area contributed by atoms with E-state index in [9.17, 15) is 32.8 Å². The van der Waals surface area contributed by atoms with Crippen molar-refractivity contribution in [2.45, 2.75) is 36.8 Å². The van der Waals surface area contributed by atoms with Gasteiger partial charge in [0.2, 0.25) is 12.1 Å². The van der Waals surface area contributed by atoms with Crippen molar-refractivity contribution in [1.29, 1.82) is 0 Å². The number of nitrogens with zero attached hydrogens (tertiary/aromatic N) is 2. The number of likely N-dealkylation sites (N-methyl/N-ethyl adjacent to an activating group) is 1. The summed E-state index contributed by atoms with van der Waals surface area (Å²) in [5, 5.41) is 12.7. The number of amides is 1. The average Bonchev–Trinajstić information content (AvgIpc) is 3.23. The van der Waals surface area contributed by atoms with Crippen LogP contribution in [0, 0.1) is 0 Å². The van der Waals surface area contributed by atoms with Crippen LogP contribution in [0.2, 0.25) is 0 Å². The van der Waals surface area contributed by atoms with Crippen molar-refractivity contribution < 1.29 is 37.0 Å². The molecule has 1 amide bonds. The molecule has 3 heterocycles. The first kappa shape index (κ1) is 25.2. The van der Waals surface area contributed by atoms with Gasteiger partial charge >= 0.3 is 19.4 Å². The lowest BCUT2D eigenvalue weighted by atomic mass is 10.1. The summed E-state index contributed by atoms with van der Waals surface area (Å²) >= 11 is 0. The molecular formula is C20H23F2N4O8P. The van der Waals surface area contributed by atoms with Crippen molar-refractivity contribution in [1.82, 2.24) is 19.5 Å². The van der Waals surface area contributed by atoms with Gasteiger partial charge in [-0.05, 0) is 18.6 Å². The first-order valence-corrected chi connectivity index (χ1v) is 12.1. The molecule has 3 N–H and O–H groups in total. The van der Waals surface area contributed by atoms with Gasteiger partial charge in [-0.2, -0.15) is 13.9 Å². The number of aliphatic hydroxyl groups excluding tert-OH is 1. The van der Waals surface area contributed by atoms with Crippen LogP contribution in [0.5, 0.6) is 5.75 Å². The van der Waals surface area contributed by atoms with Crippen molar-refractivity contribution in [2.75, 3.05) is 20.2 Å². The number of rotatable bonds is 8. The van der Waals surface area contributed by atoms with Crippen LogP contribution >= 0.6 is 7.75 Å². The molecule has 2 aliphatic rings. The molecule has 190 valence electrons. The lowest BCUT2D eigenvalue weighted by Gasteiger charge is -2.24. The maximum atomic E-state index is 14.8. The predicted molar refractivity (Wildman–Crippen MR) is 116 cm³/mol. The Morgan fingerprint density at radius 2 is 1.97 bits per heavy atom. The van der Waals surface area contributed by atoms with E-state index in [4.69, 9.17) is 13.8 Å². The number of likely N-dealkylation sites (tertiary alicyclic amines) is 1. The number of aromatic amines is 1. The van der Waals surface area contributed by atoms with E-state index in [1.807, 2.05) is 4.98 Å². The molecule has 2 fully saturated rings. The number of aromatic nitrogens is 2. The first-order valence-electron chi connectivity index (χ1n) is 10.5. The van der Waals surface area contributed by atoms with Crippen LogP contribution in [0.15, 0.2) is 52.2 Å². The van der Waals surface area contributed by atoms with Crippen molar-refractivity contribution in [3.8, 4) is 5.75 Å². The highest BCUT2D eigenvalue weighted by atomic mass is 31.2. The molecule has 2 aromatic rings. The van der Waals surface area contributed by atoms with Crippen molar-refractivity contribution in [3.63, 3.8) is 0 Å². The Kier molecular flexibility index (Phi) is 6.93. The van der Waals surface area contributed by atoms with E-state index in [1.54, 1.807) is 25.2 Å². The van der Waals surface area contributed by atoms with Gasteiger partial charge in [0, 0.05) is 25.9 Å². The lowest BCUT2D eigenvalue weighted by Crippen LogP contribution is -2.43. The Bertz CT molecular complexity index is 1240. The maximum absolute atomic E-state index is 14.8. The number of ether oxygens (including phenoxy) is 1. The van der Waals surface area contributed by atoms with Gasteiger partial charge < -0.3 is 19.3 Å². The number of halogens is 2. The number of hydrogen-bond acceptors (Lipinski definition) is 8. The third-order valence-corrected chi connectivity index (χ3v) is 7.17. The van der Waals surface area contributed by atoms with Crippen LogP contribution in [0.4, 0.5) is 8.78 Å². The number of para-hydroxylation sites is 1. The van der Waals surface area contributed by atoms with Crippen molar-refractivity contribution >= 4 is 13.7 Å². The standard InChI is InChI=1S/C20H23F2N4O8P/c1-25-9-7-13(17(25)29)24-35(31,34-12-5-3-2-4-6-12)32-11-14-16(28)20(21,22)18(33-14)26-10-8-15(27)23-19(26)30/h2-6,8,10,13-14,16,18,28H,7,9,11H2,1H3,(H,24,31)(H,23,27,30)/t13?,14?,16-,18-,35?/m1/s1. The zero-order valence-corrected chi connectivity index (χ0v) is 19.3. The number of benzene rings is 1. The van der Waals surface area contributed by atoms with E-state index in [1.165, 1.54) is 17.0 Å². The largest absolute Gasteiger partial charge is 0.459 e. The number of aliphatic hydroxyl groups is 1. The summed E-state index contributed by atoms with van der Waals surface area (Å²) in [4.78, 5) is 38.8. The molecule has 0 aliphatic carbocycles. The highest BCUT2D eigenvalue weighted by molar-refractivity contribution is 7.52. The number of alkyl halides is 2. The molecule has 0 spiro atoms. The Morgan fingerprint density at radius 1 is 1.26 bits per heavy atom. The number of nitrogens with one attached hydrogen (secondary N) is 2. The highest BCUT2D eigenvalue weighted by Crippen LogP contribution is 2.48. The van der Waals surface area contributed by atoms with Crippen LogP contribution in [-0.4, -0.2) is 69.8 Å². The minimum Gasteiger partial charge on any atom is -0.413 e. The van der Waals surface area contributed by atoms with Gasteiger partial charge in [0.1, 0.15) is 11.9 Å². The molecule has 15 heteroatoms. The third-order valence-electron chi connectivity index (χ3n) is 5.60. The van der Waals surface area contributed by atoms with E-state index < -0.39 is 56.0 Å². The van der Waals surface area contributed by atoms with Crippen LogP contribution in [-0.2, 0) is 18.6 Å². The summed E-state index contributed by atoms with van der Waals surface area (Å²) in [6.07, 6.45) is -5.33. The summed E-state index contributed by atoms with van der Waals surface area (Å²) < 4.78 is 59.5. The number of carbonyl (C=O) groups is 1. The minimum absolute atomic E-state index is 0.123. The fourth-order valence-corrected chi connectivity index (χ4v) is 5.28. The van der Waals surface area contributed by atoms with Crippen molar-refractivity contribution in [2.24, 2.45) is 0 Å². The Balaban J connectivity index is 1.53. The van der Waals surface area contributed by atoms with Crippen LogP contribution in [0.1, 0.15) is 12.6 Å². The van der Waals surface area contributed by atoms with Gasteiger partial charge in [-0.3, -0.25) is 23.7 Å². The van der Waals surface area contributed by atoms with E-state index in [-0.39, 0.29) is 11.7 Å². The SMILES string of the molecule is CN1CCC(NP(=O)(OCC2O[C@@H](n3ccc(=O)[nH]c3=O)C(F)(F)[C@@H]2O)Oc2ccccc2)C1=O. The molecule has 0 saturated carbocycles. The summed E-state index contributed by atoms with van der Waals surface area (Å²) in [5.74, 6) is -4.19. The Morgan fingerprint density at radius 3 is 2.60 bits per heavy atom. The van der Waals surface area contributed by atoms with Gasteiger partial charge in [0.05, 0.1) is 12.6 Å². The average molecular weight is 516 g/mol. The lowest BCUT2D eigenvalue weighted by molar-refractivity contribution is -0.141. The second-order valence-corrected chi connectivity index (χ2v) is 9.79. The summed E-state index contributed by atoms with van der Waals surface area (Å²) in [7, 11) is -2.77. The summed E-state index contributed by atoms with van der Waals surface area (Å²) in [5.41, 5.74) is -1.97. The molecule has 1 aromatic heterocycles. The van der Waals surface area contributed by atoms with E-state index in [0.29, 0.717) is 17.5 Å². The van der Waals surface area contributed by atoms with Gasteiger partial charge in [-0.1, -0.05) is 18.2 Å². The second-order valence-electron chi connectivity index (χ2n) is 8.09. The summed E-state index contributed by atoms with van der Waals surface area (Å²) in [6.45, 7) is -0.437. The van der Waals surface area contributed by atoms with Crippen molar-refractivity contribution in [3.05, 3.63) is 63.4 Å². The Labute approximate surface area is 197 Å². The van der Waals surface area contributed by atoms with Gasteiger partial charge in [0.25, 0.3) is 5.56 Å². The number of carbonyl (C=O) groups excluding carboxylic acids is 1. The third kappa shape index (κ3) is 5.21. The molecule has 12 nitrogen and oxygen atoms in total. The molecule has 2 saturated heterocycles. The summed E-state index contributed by atoms with van der Waals surface area (Å²) in [6, 6.07) is 7.79. The molecule has 2 aliphatic heterocycles. The quantitative estimate of drug-likeness (QED) is 0.425. The van der Waals surface area contributed by atoms with Crippen LogP contribution < -0.4 is 20.9 Å². The highest BCUT2D eigenvalue weighted by Gasteiger charge is 2.60. The number of hydrogen-bond donors (Lipinski definition) is 3. The molecule has 3 unspecified atom stereocenters. The molecular weight excluding hydrogens is 493 g/mol. The normalized spacial score (nSPS) is 27.7. The zero-order chi connectivity index (χ0) is 25.4. The fourth-order valence-electron chi connectivity index (χ4n) is 3.73. The smallest absolute Gasteiger partial charge is 0.413 e. The maximum Gasteiger partial charge on any atom is 0.459 e. The van der Waals surface area contributed by atoms with E-state index in [0.717, 1.165) is 12.3 Å². The van der Waals surface area contributed by atoms with Crippen LogP contribution in [0.25, 0.3) is 0 Å². The van der Waals surface area contributed by atoms with Gasteiger partial charge in [0.15, 0.2) is 6.10 Å². The zero-order valence-electron chi connectivity index (χ0n) is 18.4. The molecule has 4 rings (SSSR count). The molecule has 5 atom stereocenters. The van der Waals surface area contributed by atoms with Gasteiger partial charge in [-0.25, -0.2) is 9.36 Å². The predicted octanol–water partition coefficient (Wildman–Crippen LogP) is 0.454. The molecule has 1 aromatic carbocycles. The number of H-pyrrole nitrogens is 1. The second kappa shape index (κ2) is 9.63. The minimum atomic E-state index is -4.33. The molecule has 0 radical (unpaired) electrons. The monoisotopic (exact) mass is 516 g/mol. The fraction of sp³-hybridized carbons (Fsp3) is 0.450. The molecule has 35 heavy (non-hydrogen) atoms. The molecule has 0 bridgehead atoms. The van der Waals surface area contributed by atoms with E-state index >= 15 is 0 Å².